The van der Waals surface area contributed by atoms with Gasteiger partial charge in [0.2, 0.25) is 12.7 Å². The van der Waals surface area contributed by atoms with Gasteiger partial charge >= 0.3 is 0 Å². The summed E-state index contributed by atoms with van der Waals surface area (Å²) in [5, 5.41) is 4.16. The number of hydrazone groups is 1. The van der Waals surface area contributed by atoms with Crippen molar-refractivity contribution in [3.8, 4) is 11.5 Å². The summed E-state index contributed by atoms with van der Waals surface area (Å²) in [5.41, 5.74) is 6.80. The summed E-state index contributed by atoms with van der Waals surface area (Å²) in [7, 11) is 0. The molecule has 0 unspecified atom stereocenters. The van der Waals surface area contributed by atoms with Crippen LogP contribution in [0, 0.1) is 6.92 Å². The van der Waals surface area contributed by atoms with Gasteiger partial charge in [-0.15, -0.1) is 0 Å². The number of hydrogen-bond donors (Lipinski definition) is 1. The van der Waals surface area contributed by atoms with Crippen molar-refractivity contribution in [2.45, 2.75) is 19.3 Å². The molecule has 5 nitrogen and oxygen atoms in total. The lowest BCUT2D eigenvalue weighted by Crippen LogP contribution is -2.27. The highest BCUT2D eigenvalue weighted by atomic mass is 16.7. The first kappa shape index (κ1) is 18.7. The minimum absolute atomic E-state index is 0.142. The van der Waals surface area contributed by atoms with E-state index in [0.717, 1.165) is 16.7 Å². The maximum atomic E-state index is 13.0. The van der Waals surface area contributed by atoms with Gasteiger partial charge < -0.3 is 9.47 Å². The van der Waals surface area contributed by atoms with Crippen LogP contribution in [0.2, 0.25) is 0 Å². The molecule has 1 amide bonds. The molecule has 29 heavy (non-hydrogen) atoms. The van der Waals surface area contributed by atoms with Gasteiger partial charge in [0.25, 0.3) is 0 Å². The number of aryl methyl sites for hydroxylation is 1. The Labute approximate surface area is 170 Å². The number of fused-ring (bicyclic) bond motifs is 1. The van der Waals surface area contributed by atoms with Crippen LogP contribution in [0.15, 0.2) is 77.9 Å². The average Bonchev–Trinajstić information content (AvgIpc) is 3.21. The van der Waals surface area contributed by atoms with Gasteiger partial charge in [-0.2, -0.15) is 5.10 Å². The van der Waals surface area contributed by atoms with Gasteiger partial charge in [0, 0.05) is 0 Å². The summed E-state index contributed by atoms with van der Waals surface area (Å²) in [6.07, 6.45) is 2.22. The minimum atomic E-state index is -0.328. The van der Waals surface area contributed by atoms with E-state index in [-0.39, 0.29) is 18.6 Å². The van der Waals surface area contributed by atoms with Crippen LogP contribution in [0.1, 0.15) is 28.2 Å². The molecule has 0 bridgehead atoms. The van der Waals surface area contributed by atoms with Gasteiger partial charge in [0.15, 0.2) is 11.5 Å². The molecular formula is C24H22N2O3. The van der Waals surface area contributed by atoms with E-state index in [9.17, 15) is 4.79 Å². The Kier molecular flexibility index (Phi) is 5.56. The van der Waals surface area contributed by atoms with E-state index < -0.39 is 0 Å². The summed E-state index contributed by atoms with van der Waals surface area (Å²) in [5.74, 6) is 0.929. The third-order valence-electron chi connectivity index (χ3n) is 4.99. The van der Waals surface area contributed by atoms with E-state index in [2.05, 4.69) is 29.6 Å². The number of ether oxygens (including phenoxy) is 2. The Bertz CT molecular complexity index is 1030. The molecule has 1 atom stereocenters. The Balaban J connectivity index is 1.50. The van der Waals surface area contributed by atoms with Crippen LogP contribution in [0.4, 0.5) is 0 Å². The summed E-state index contributed by atoms with van der Waals surface area (Å²) in [4.78, 5) is 13.0. The molecule has 0 spiro atoms. The van der Waals surface area contributed by atoms with Gasteiger partial charge in [-0.3, -0.25) is 4.79 Å². The summed E-state index contributed by atoms with van der Waals surface area (Å²) in [6, 6.07) is 23.5. The van der Waals surface area contributed by atoms with Gasteiger partial charge in [-0.1, -0.05) is 54.6 Å². The van der Waals surface area contributed by atoms with Crippen molar-refractivity contribution in [3.05, 3.63) is 95.1 Å². The van der Waals surface area contributed by atoms with Crippen LogP contribution in [-0.4, -0.2) is 18.9 Å². The third kappa shape index (κ3) is 4.46. The van der Waals surface area contributed by atoms with E-state index in [1.807, 2.05) is 60.7 Å². The predicted octanol–water partition coefficient (Wildman–Crippen LogP) is 4.20. The van der Waals surface area contributed by atoms with Crippen molar-refractivity contribution in [2.24, 2.45) is 5.10 Å². The van der Waals surface area contributed by atoms with Crippen molar-refractivity contribution in [2.75, 3.05) is 6.79 Å². The first-order chi connectivity index (χ1) is 14.2. The number of carbonyl (C=O) groups is 1. The van der Waals surface area contributed by atoms with Crippen LogP contribution in [0.25, 0.3) is 0 Å². The maximum absolute atomic E-state index is 13.0. The summed E-state index contributed by atoms with van der Waals surface area (Å²) < 4.78 is 10.7. The van der Waals surface area contributed by atoms with Crippen molar-refractivity contribution in [3.63, 3.8) is 0 Å². The summed E-state index contributed by atoms with van der Waals surface area (Å²) >= 11 is 0. The maximum Gasteiger partial charge on any atom is 0.247 e. The van der Waals surface area contributed by atoms with Crippen molar-refractivity contribution in [1.29, 1.82) is 0 Å². The fraction of sp³-hybridized carbons (Fsp3) is 0.167. The van der Waals surface area contributed by atoms with Gasteiger partial charge in [-0.05, 0) is 53.8 Å². The van der Waals surface area contributed by atoms with Crippen LogP contribution in [0.3, 0.4) is 0 Å². The standard InChI is InChI=1S/C24H22N2O3/c1-17-7-5-6-10-20(17)14-21(19-8-3-2-4-9-19)24(27)26-25-15-18-11-12-22-23(13-18)29-16-28-22/h2-13,15,21H,14,16H2,1H3,(H,26,27)/b25-15-/t21-/m1/s1. The summed E-state index contributed by atoms with van der Waals surface area (Å²) in [6.45, 7) is 2.29. The number of hydrogen-bond acceptors (Lipinski definition) is 4. The van der Waals surface area contributed by atoms with Crippen molar-refractivity contribution in [1.82, 2.24) is 5.43 Å². The SMILES string of the molecule is Cc1ccccc1C[C@@H](C(=O)N/N=C\c1ccc2c(c1)OCO2)c1ccccc1. The highest BCUT2D eigenvalue weighted by Gasteiger charge is 2.21. The average molecular weight is 386 g/mol. The van der Waals surface area contributed by atoms with E-state index in [4.69, 9.17) is 9.47 Å². The lowest BCUT2D eigenvalue weighted by atomic mass is 9.90. The Morgan fingerprint density at radius 1 is 1.03 bits per heavy atom. The van der Waals surface area contributed by atoms with E-state index >= 15 is 0 Å². The minimum Gasteiger partial charge on any atom is -0.454 e. The molecule has 0 saturated heterocycles. The molecule has 3 aromatic rings. The first-order valence-electron chi connectivity index (χ1n) is 9.53. The van der Waals surface area contributed by atoms with Crippen molar-refractivity contribution < 1.29 is 14.3 Å². The zero-order valence-electron chi connectivity index (χ0n) is 16.2. The molecule has 146 valence electrons. The van der Waals surface area contributed by atoms with Gasteiger partial charge in [0.05, 0.1) is 12.1 Å². The number of rotatable bonds is 6. The van der Waals surface area contributed by atoms with Crippen LogP contribution in [-0.2, 0) is 11.2 Å². The second-order valence-corrected chi connectivity index (χ2v) is 6.94. The Hall–Kier alpha value is -3.60. The molecule has 5 heteroatoms. The second-order valence-electron chi connectivity index (χ2n) is 6.94. The van der Waals surface area contributed by atoms with Gasteiger partial charge in [-0.25, -0.2) is 5.43 Å². The van der Waals surface area contributed by atoms with Crippen molar-refractivity contribution >= 4 is 12.1 Å². The molecule has 1 aliphatic rings. The molecule has 0 fully saturated rings. The molecule has 1 N–H and O–H groups in total. The number of amides is 1. The molecule has 0 aromatic heterocycles. The molecule has 4 rings (SSSR count). The Morgan fingerprint density at radius 3 is 2.62 bits per heavy atom. The normalized spacial score (nSPS) is 13.4. The quantitative estimate of drug-likeness (QED) is 0.510. The van der Waals surface area contributed by atoms with Crippen LogP contribution >= 0.6 is 0 Å². The van der Waals surface area contributed by atoms with E-state index in [1.165, 1.54) is 5.56 Å². The molecular weight excluding hydrogens is 364 g/mol. The van der Waals surface area contributed by atoms with E-state index in [0.29, 0.717) is 17.9 Å². The zero-order valence-corrected chi connectivity index (χ0v) is 16.2. The number of nitrogens with zero attached hydrogens (tertiary/aromatic N) is 1. The smallest absolute Gasteiger partial charge is 0.247 e. The number of benzene rings is 3. The second kappa shape index (κ2) is 8.61. The fourth-order valence-electron chi connectivity index (χ4n) is 3.35. The molecule has 3 aromatic carbocycles. The number of carbonyl (C=O) groups excluding carboxylic acids is 1. The molecule has 0 aliphatic carbocycles. The molecule has 0 saturated carbocycles. The molecule has 0 radical (unpaired) electrons. The van der Waals surface area contributed by atoms with E-state index in [1.54, 1.807) is 6.21 Å². The van der Waals surface area contributed by atoms with Crippen LogP contribution in [0.5, 0.6) is 11.5 Å². The number of nitrogens with one attached hydrogen (secondary N) is 1. The zero-order chi connectivity index (χ0) is 20.1. The van der Waals surface area contributed by atoms with Crippen LogP contribution < -0.4 is 14.9 Å². The lowest BCUT2D eigenvalue weighted by Gasteiger charge is -2.17. The topological polar surface area (TPSA) is 59.9 Å². The fourth-order valence-corrected chi connectivity index (χ4v) is 3.35. The highest BCUT2D eigenvalue weighted by molar-refractivity contribution is 5.86. The highest BCUT2D eigenvalue weighted by Crippen LogP contribution is 2.32. The molecule has 1 heterocycles. The Morgan fingerprint density at radius 2 is 1.79 bits per heavy atom. The van der Waals surface area contributed by atoms with Gasteiger partial charge in [0.1, 0.15) is 0 Å². The predicted molar refractivity (Wildman–Crippen MR) is 112 cm³/mol. The largest absolute Gasteiger partial charge is 0.454 e. The monoisotopic (exact) mass is 386 g/mol. The molecule has 1 aliphatic heterocycles. The lowest BCUT2D eigenvalue weighted by molar-refractivity contribution is -0.122. The first-order valence-corrected chi connectivity index (χ1v) is 9.53. The third-order valence-corrected chi connectivity index (χ3v) is 4.99.